The van der Waals surface area contributed by atoms with Crippen LogP contribution in [0.4, 0.5) is 0 Å². The van der Waals surface area contributed by atoms with Crippen molar-refractivity contribution < 1.29 is 0 Å². The van der Waals surface area contributed by atoms with Gasteiger partial charge in [-0.1, -0.05) is 18.2 Å². The van der Waals surface area contributed by atoms with Gasteiger partial charge < -0.3 is 0 Å². The Kier molecular flexibility index (Phi) is 3.52. The van der Waals surface area contributed by atoms with Gasteiger partial charge in [-0.15, -0.1) is 11.3 Å². The largest absolute Gasteiger partial charge is 0.242 e. The number of aromatic nitrogens is 1. The minimum absolute atomic E-state index is 0.0987. The number of benzene rings is 1. The number of hydrogen-bond acceptors (Lipinski definition) is 4. The molecule has 2 aromatic rings. The molecule has 0 N–H and O–H groups in total. The number of nitriles is 2. The Bertz CT molecular complexity index is 668. The summed E-state index contributed by atoms with van der Waals surface area (Å²) in [7, 11) is 0. The highest BCUT2D eigenvalue weighted by Crippen LogP contribution is 2.23. The first kappa shape index (κ1) is 12.0. The van der Waals surface area contributed by atoms with Gasteiger partial charge in [0.05, 0.1) is 10.7 Å². The van der Waals surface area contributed by atoms with E-state index in [0.29, 0.717) is 0 Å². The molecule has 1 aromatic heterocycles. The van der Waals surface area contributed by atoms with E-state index in [-0.39, 0.29) is 5.57 Å². The fraction of sp³-hybridized carbons (Fsp3) is 0.0714. The number of thiazole rings is 1. The highest BCUT2D eigenvalue weighted by molar-refractivity contribution is 7.09. The first-order valence-electron chi connectivity index (χ1n) is 5.27. The molecule has 0 saturated carbocycles. The van der Waals surface area contributed by atoms with Crippen molar-refractivity contribution in [3.05, 3.63) is 45.8 Å². The van der Waals surface area contributed by atoms with Crippen LogP contribution in [0.2, 0.25) is 0 Å². The quantitative estimate of drug-likeness (QED) is 0.767. The zero-order valence-electron chi connectivity index (χ0n) is 9.71. The Morgan fingerprint density at radius 2 is 2.11 bits per heavy atom. The molecule has 86 valence electrons. The zero-order chi connectivity index (χ0) is 13.0. The monoisotopic (exact) mass is 251 g/mol. The summed E-state index contributed by atoms with van der Waals surface area (Å²) in [5, 5.41) is 20.5. The average Bonchev–Trinajstić information content (AvgIpc) is 2.83. The first-order chi connectivity index (χ1) is 8.72. The topological polar surface area (TPSA) is 60.5 Å². The molecule has 0 aliphatic rings. The fourth-order valence-electron chi connectivity index (χ4n) is 1.54. The third-order valence-electron chi connectivity index (χ3n) is 2.35. The molecule has 18 heavy (non-hydrogen) atoms. The van der Waals surface area contributed by atoms with Crippen molar-refractivity contribution in [3.63, 3.8) is 0 Å². The zero-order valence-corrected chi connectivity index (χ0v) is 10.5. The van der Waals surface area contributed by atoms with Crippen molar-refractivity contribution in [3.8, 4) is 23.4 Å². The summed E-state index contributed by atoms with van der Waals surface area (Å²) < 4.78 is 0. The number of aryl methyl sites for hydroxylation is 1. The second kappa shape index (κ2) is 5.27. The van der Waals surface area contributed by atoms with Crippen LogP contribution >= 0.6 is 11.3 Å². The summed E-state index contributed by atoms with van der Waals surface area (Å²) >= 11 is 1.60. The molecule has 0 atom stereocenters. The predicted octanol–water partition coefficient (Wildman–Crippen LogP) is 3.55. The van der Waals surface area contributed by atoms with Crippen molar-refractivity contribution in [2.24, 2.45) is 0 Å². The third-order valence-corrected chi connectivity index (χ3v) is 3.13. The van der Waals surface area contributed by atoms with E-state index < -0.39 is 0 Å². The second-order valence-electron chi connectivity index (χ2n) is 3.66. The number of allylic oxidation sites excluding steroid dienone is 1. The van der Waals surface area contributed by atoms with Crippen molar-refractivity contribution in [1.29, 1.82) is 10.5 Å². The molecule has 0 aliphatic carbocycles. The Labute approximate surface area is 109 Å². The van der Waals surface area contributed by atoms with E-state index in [0.717, 1.165) is 21.8 Å². The van der Waals surface area contributed by atoms with Crippen LogP contribution in [0.5, 0.6) is 0 Å². The van der Waals surface area contributed by atoms with Gasteiger partial charge in [0.2, 0.25) is 0 Å². The maximum Gasteiger partial charge on any atom is 0.130 e. The Morgan fingerprint density at radius 3 is 2.72 bits per heavy atom. The molecule has 3 nitrogen and oxygen atoms in total. The van der Waals surface area contributed by atoms with E-state index in [2.05, 4.69) is 4.98 Å². The van der Waals surface area contributed by atoms with Gasteiger partial charge in [0, 0.05) is 10.9 Å². The van der Waals surface area contributed by atoms with Gasteiger partial charge in [0.1, 0.15) is 17.7 Å². The molecule has 0 bridgehead atoms. The fourth-order valence-corrected chi connectivity index (χ4v) is 2.16. The van der Waals surface area contributed by atoms with Crippen molar-refractivity contribution in [2.45, 2.75) is 6.92 Å². The number of rotatable bonds is 2. The molecule has 0 fully saturated rings. The molecule has 0 aliphatic heterocycles. The van der Waals surface area contributed by atoms with Gasteiger partial charge in [0.15, 0.2) is 0 Å². The van der Waals surface area contributed by atoms with E-state index in [1.165, 1.54) is 0 Å². The van der Waals surface area contributed by atoms with Crippen LogP contribution in [-0.4, -0.2) is 4.98 Å². The van der Waals surface area contributed by atoms with E-state index >= 15 is 0 Å². The number of nitrogens with zero attached hydrogens (tertiary/aromatic N) is 3. The normalized spacial score (nSPS) is 9.28. The van der Waals surface area contributed by atoms with Crippen molar-refractivity contribution >= 4 is 17.4 Å². The molecule has 1 heterocycles. The Hall–Kier alpha value is -2.43. The van der Waals surface area contributed by atoms with Gasteiger partial charge in [0.25, 0.3) is 0 Å². The third kappa shape index (κ3) is 2.63. The Balaban J connectivity index is 2.41. The molecule has 0 radical (unpaired) electrons. The standard InChI is InChI=1S/C14H9N3S/c1-10-17-14(9-18-10)13-4-2-3-11(6-13)5-12(7-15)8-16/h2-6,9H,1H3. The molecule has 2 rings (SSSR count). The molecule has 0 amide bonds. The molecular formula is C14H9N3S. The highest BCUT2D eigenvalue weighted by atomic mass is 32.1. The van der Waals surface area contributed by atoms with Gasteiger partial charge in [-0.05, 0) is 24.6 Å². The lowest BCUT2D eigenvalue weighted by atomic mass is 10.1. The summed E-state index contributed by atoms with van der Waals surface area (Å²) in [5.74, 6) is 0. The minimum atomic E-state index is 0.0987. The first-order valence-corrected chi connectivity index (χ1v) is 6.15. The van der Waals surface area contributed by atoms with Crippen LogP contribution < -0.4 is 0 Å². The summed E-state index contributed by atoms with van der Waals surface area (Å²) in [6, 6.07) is 11.3. The van der Waals surface area contributed by atoms with Crippen LogP contribution in [0.1, 0.15) is 10.6 Å². The molecule has 0 unspecified atom stereocenters. The maximum atomic E-state index is 8.73. The van der Waals surface area contributed by atoms with E-state index in [1.807, 2.05) is 48.7 Å². The summed E-state index contributed by atoms with van der Waals surface area (Å²) in [6.07, 6.45) is 1.57. The van der Waals surface area contributed by atoms with Gasteiger partial charge in [-0.2, -0.15) is 10.5 Å². The minimum Gasteiger partial charge on any atom is -0.242 e. The highest BCUT2D eigenvalue weighted by Gasteiger charge is 2.02. The molecule has 1 aromatic carbocycles. The van der Waals surface area contributed by atoms with Crippen molar-refractivity contribution in [2.75, 3.05) is 0 Å². The molecular weight excluding hydrogens is 242 g/mol. The van der Waals surface area contributed by atoms with Crippen LogP contribution in [0, 0.1) is 29.6 Å². The van der Waals surface area contributed by atoms with Gasteiger partial charge in [-0.25, -0.2) is 4.98 Å². The lowest BCUT2D eigenvalue weighted by Crippen LogP contribution is -1.81. The molecule has 4 heteroatoms. The van der Waals surface area contributed by atoms with E-state index in [1.54, 1.807) is 17.4 Å². The lowest BCUT2D eigenvalue weighted by Gasteiger charge is -1.98. The van der Waals surface area contributed by atoms with Crippen LogP contribution in [0.25, 0.3) is 17.3 Å². The maximum absolute atomic E-state index is 8.73. The molecule has 0 spiro atoms. The van der Waals surface area contributed by atoms with Crippen LogP contribution in [0.15, 0.2) is 35.2 Å². The van der Waals surface area contributed by atoms with Crippen molar-refractivity contribution in [1.82, 2.24) is 4.98 Å². The number of hydrogen-bond donors (Lipinski definition) is 0. The predicted molar refractivity (Wildman–Crippen MR) is 71.5 cm³/mol. The summed E-state index contributed by atoms with van der Waals surface area (Å²) in [5.41, 5.74) is 2.84. The smallest absolute Gasteiger partial charge is 0.130 e. The summed E-state index contributed by atoms with van der Waals surface area (Å²) in [4.78, 5) is 4.41. The second-order valence-corrected chi connectivity index (χ2v) is 4.72. The van der Waals surface area contributed by atoms with Gasteiger partial charge in [-0.3, -0.25) is 0 Å². The lowest BCUT2D eigenvalue weighted by molar-refractivity contribution is 1.30. The van der Waals surface area contributed by atoms with Crippen LogP contribution in [0.3, 0.4) is 0 Å². The SMILES string of the molecule is Cc1nc(-c2cccc(C=C(C#N)C#N)c2)cs1. The summed E-state index contributed by atoms with van der Waals surface area (Å²) in [6.45, 7) is 1.96. The Morgan fingerprint density at radius 1 is 1.33 bits per heavy atom. The molecule has 0 saturated heterocycles. The van der Waals surface area contributed by atoms with E-state index in [9.17, 15) is 0 Å². The van der Waals surface area contributed by atoms with Crippen LogP contribution in [-0.2, 0) is 0 Å². The van der Waals surface area contributed by atoms with Gasteiger partial charge >= 0.3 is 0 Å². The van der Waals surface area contributed by atoms with E-state index in [4.69, 9.17) is 10.5 Å². The average molecular weight is 251 g/mol.